The topological polar surface area (TPSA) is 75.7 Å². The molecular formula is C24H22N2O4S. The fourth-order valence-corrected chi connectivity index (χ4v) is 4.98. The Morgan fingerprint density at radius 1 is 0.935 bits per heavy atom. The Kier molecular flexibility index (Phi) is 5.77. The number of hydrogen-bond donors (Lipinski definition) is 1. The van der Waals surface area contributed by atoms with Crippen LogP contribution in [0.5, 0.6) is 5.75 Å². The summed E-state index contributed by atoms with van der Waals surface area (Å²) in [6.07, 6.45) is 1.25. The highest BCUT2D eigenvalue weighted by Gasteiger charge is 2.40. The van der Waals surface area contributed by atoms with Crippen LogP contribution in [0.4, 0.5) is 11.4 Å². The van der Waals surface area contributed by atoms with Gasteiger partial charge in [-0.1, -0.05) is 54.6 Å². The van der Waals surface area contributed by atoms with E-state index in [1.807, 2.05) is 43.3 Å². The highest BCUT2D eigenvalue weighted by Crippen LogP contribution is 2.36. The third-order valence-corrected chi connectivity index (χ3v) is 6.69. The van der Waals surface area contributed by atoms with Crippen LogP contribution < -0.4 is 14.4 Å². The molecule has 0 spiro atoms. The molecule has 1 heterocycles. The molecule has 1 aliphatic heterocycles. The van der Waals surface area contributed by atoms with Crippen molar-refractivity contribution in [2.24, 2.45) is 0 Å². The van der Waals surface area contributed by atoms with E-state index in [2.05, 4.69) is 5.32 Å². The molecule has 158 valence electrons. The van der Waals surface area contributed by atoms with E-state index in [0.29, 0.717) is 29.3 Å². The first-order valence-electron chi connectivity index (χ1n) is 9.91. The lowest BCUT2D eigenvalue weighted by Gasteiger charge is -2.31. The molecule has 0 atom stereocenters. The molecule has 3 aromatic rings. The lowest BCUT2D eigenvalue weighted by Crippen LogP contribution is -2.39. The van der Waals surface area contributed by atoms with Crippen LogP contribution in [0.25, 0.3) is 0 Å². The van der Waals surface area contributed by atoms with Crippen molar-refractivity contribution in [2.45, 2.75) is 13.5 Å². The molecule has 0 aromatic heterocycles. The highest BCUT2D eigenvalue weighted by atomic mass is 32.2. The number of sulfonamides is 1. The van der Waals surface area contributed by atoms with Gasteiger partial charge in [-0.25, -0.2) is 8.42 Å². The van der Waals surface area contributed by atoms with Crippen molar-refractivity contribution >= 4 is 27.2 Å². The lowest BCUT2D eigenvalue weighted by atomic mass is 10.1. The third-order valence-electron chi connectivity index (χ3n) is 4.92. The van der Waals surface area contributed by atoms with E-state index in [1.54, 1.807) is 42.5 Å². The summed E-state index contributed by atoms with van der Waals surface area (Å²) >= 11 is 0. The number of anilines is 2. The number of ketones is 1. The van der Waals surface area contributed by atoms with E-state index in [-0.39, 0.29) is 11.4 Å². The number of rotatable bonds is 6. The molecule has 0 aliphatic carbocycles. The molecule has 1 N–H and O–H groups in total. The summed E-state index contributed by atoms with van der Waals surface area (Å²) < 4.78 is 33.8. The normalized spacial score (nSPS) is 16.1. The van der Waals surface area contributed by atoms with Gasteiger partial charge in [-0.3, -0.25) is 9.10 Å². The number of benzene rings is 3. The van der Waals surface area contributed by atoms with Crippen LogP contribution in [0.15, 0.2) is 90.0 Å². The zero-order valence-electron chi connectivity index (χ0n) is 17.0. The first-order valence-corrected chi connectivity index (χ1v) is 11.4. The Labute approximate surface area is 181 Å². The number of hydrogen-bond acceptors (Lipinski definition) is 5. The van der Waals surface area contributed by atoms with Gasteiger partial charge in [0, 0.05) is 11.8 Å². The molecule has 0 unspecified atom stereocenters. The quantitative estimate of drug-likeness (QED) is 0.575. The third kappa shape index (κ3) is 4.04. The van der Waals surface area contributed by atoms with Crippen LogP contribution in [0.1, 0.15) is 22.8 Å². The first kappa shape index (κ1) is 20.7. The van der Waals surface area contributed by atoms with E-state index >= 15 is 0 Å². The Morgan fingerprint density at radius 2 is 1.61 bits per heavy atom. The van der Waals surface area contributed by atoms with Gasteiger partial charge < -0.3 is 10.1 Å². The molecule has 0 bridgehead atoms. The number of fused-ring (bicyclic) bond motifs is 1. The van der Waals surface area contributed by atoms with E-state index < -0.39 is 15.8 Å². The Hall–Kier alpha value is -3.58. The summed E-state index contributed by atoms with van der Waals surface area (Å²) in [4.78, 5) is 12.8. The molecule has 1 aliphatic rings. The number of Topliss-reactive ketones (excluding diaryl/α,β-unsaturated/α-hetero) is 1. The molecule has 0 saturated carbocycles. The summed E-state index contributed by atoms with van der Waals surface area (Å²) in [6.45, 7) is 2.45. The monoisotopic (exact) mass is 434 g/mol. The van der Waals surface area contributed by atoms with Crippen LogP contribution in [0.2, 0.25) is 0 Å². The van der Waals surface area contributed by atoms with Crippen LogP contribution in [-0.4, -0.2) is 20.8 Å². The van der Waals surface area contributed by atoms with Gasteiger partial charge in [0.2, 0.25) is 5.78 Å². The number of carbonyl (C=O) groups excluding carboxylic acids is 1. The minimum absolute atomic E-state index is 0.125. The number of ether oxygens (including phenoxy) is 1. The summed E-state index contributed by atoms with van der Waals surface area (Å²) in [5, 5.41) is 2.96. The summed E-state index contributed by atoms with van der Waals surface area (Å²) in [6, 6.07) is 23.2. The Bertz CT molecular complexity index is 1240. The van der Waals surface area contributed by atoms with E-state index in [0.717, 1.165) is 5.56 Å². The van der Waals surface area contributed by atoms with Crippen molar-refractivity contribution in [3.05, 3.63) is 101 Å². The second kappa shape index (κ2) is 8.65. The molecule has 31 heavy (non-hydrogen) atoms. The van der Waals surface area contributed by atoms with Crippen LogP contribution >= 0.6 is 0 Å². The molecular weight excluding hydrogens is 412 g/mol. The van der Waals surface area contributed by atoms with Crippen molar-refractivity contribution < 1.29 is 17.9 Å². The average molecular weight is 435 g/mol. The van der Waals surface area contributed by atoms with Gasteiger partial charge >= 0.3 is 0 Å². The highest BCUT2D eigenvalue weighted by molar-refractivity contribution is 7.97. The smallest absolute Gasteiger partial charge is 0.270 e. The van der Waals surface area contributed by atoms with Crippen LogP contribution in [0.3, 0.4) is 0 Å². The van der Waals surface area contributed by atoms with Crippen molar-refractivity contribution in [3.63, 3.8) is 0 Å². The second-order valence-electron chi connectivity index (χ2n) is 6.93. The molecule has 3 aromatic carbocycles. The zero-order chi connectivity index (χ0) is 21.8. The van der Waals surface area contributed by atoms with Gasteiger partial charge in [0.15, 0.2) is 4.91 Å². The fourth-order valence-electron chi connectivity index (χ4n) is 3.45. The molecule has 0 radical (unpaired) electrons. The Morgan fingerprint density at radius 3 is 2.39 bits per heavy atom. The maximum Gasteiger partial charge on any atom is 0.270 e. The van der Waals surface area contributed by atoms with Crippen molar-refractivity contribution in [1.29, 1.82) is 0 Å². The summed E-state index contributed by atoms with van der Waals surface area (Å²) in [7, 11) is -4.08. The second-order valence-corrected chi connectivity index (χ2v) is 8.76. The SMILES string of the molecule is CCOc1ccccc1N/C=C1\C(=O)c2ccccc2N(Cc2ccccc2)S1(=O)=O. The van der Waals surface area contributed by atoms with Gasteiger partial charge in [-0.15, -0.1) is 0 Å². The Balaban J connectivity index is 1.77. The van der Waals surface area contributed by atoms with Gasteiger partial charge in [-0.05, 0) is 36.8 Å². The van der Waals surface area contributed by atoms with E-state index in [9.17, 15) is 13.2 Å². The van der Waals surface area contributed by atoms with Crippen LogP contribution in [0, 0.1) is 0 Å². The van der Waals surface area contributed by atoms with Crippen molar-refractivity contribution in [1.82, 2.24) is 0 Å². The molecule has 7 heteroatoms. The largest absolute Gasteiger partial charge is 0.492 e. The zero-order valence-corrected chi connectivity index (χ0v) is 17.8. The number of nitrogens with one attached hydrogen (secondary N) is 1. The van der Waals surface area contributed by atoms with Gasteiger partial charge in [0.1, 0.15) is 5.75 Å². The van der Waals surface area contributed by atoms with Gasteiger partial charge in [0.05, 0.1) is 24.5 Å². The minimum Gasteiger partial charge on any atom is -0.492 e. The minimum atomic E-state index is -4.08. The standard InChI is InChI=1S/C24H22N2O4S/c1-2-30-22-15-9-7-13-20(22)25-16-23-24(27)19-12-6-8-14-21(19)26(31(23,28)29)17-18-10-4-3-5-11-18/h3-16,25H,2,17H2,1H3/b23-16+. The maximum absolute atomic E-state index is 13.5. The molecule has 0 saturated heterocycles. The van der Waals surface area contributed by atoms with Crippen molar-refractivity contribution in [3.8, 4) is 5.75 Å². The fraction of sp³-hybridized carbons (Fsp3) is 0.125. The predicted octanol–water partition coefficient (Wildman–Crippen LogP) is 4.57. The number of nitrogens with zero attached hydrogens (tertiary/aromatic N) is 1. The van der Waals surface area contributed by atoms with E-state index in [4.69, 9.17) is 4.74 Å². The molecule has 0 amide bonds. The molecule has 0 fully saturated rings. The first-order chi connectivity index (χ1) is 15.0. The maximum atomic E-state index is 13.5. The average Bonchev–Trinajstić information content (AvgIpc) is 2.78. The summed E-state index contributed by atoms with van der Waals surface area (Å²) in [5.41, 5.74) is 2.13. The number of carbonyl (C=O) groups is 1. The predicted molar refractivity (Wildman–Crippen MR) is 122 cm³/mol. The molecule has 6 nitrogen and oxygen atoms in total. The summed E-state index contributed by atoms with van der Waals surface area (Å²) in [5.74, 6) is 0.0327. The number of para-hydroxylation sites is 3. The van der Waals surface area contributed by atoms with E-state index in [1.165, 1.54) is 10.5 Å². The van der Waals surface area contributed by atoms with Gasteiger partial charge in [0.25, 0.3) is 10.0 Å². The molecule has 4 rings (SSSR count). The van der Waals surface area contributed by atoms with Crippen LogP contribution in [-0.2, 0) is 16.6 Å². The van der Waals surface area contributed by atoms with Crippen molar-refractivity contribution in [2.75, 3.05) is 16.2 Å². The van der Waals surface area contributed by atoms with Gasteiger partial charge in [-0.2, -0.15) is 0 Å². The lowest BCUT2D eigenvalue weighted by molar-refractivity contribution is 0.104. The number of allylic oxidation sites excluding steroid dienone is 1.